The van der Waals surface area contributed by atoms with Crippen molar-refractivity contribution in [1.29, 1.82) is 0 Å². The summed E-state index contributed by atoms with van der Waals surface area (Å²) >= 11 is 6.16. The maximum absolute atomic E-state index is 13.8. The lowest BCUT2D eigenvalue weighted by Crippen LogP contribution is -2.03. The van der Waals surface area contributed by atoms with E-state index in [0.717, 1.165) is 10.8 Å². The Morgan fingerprint density at radius 3 is 2.48 bits per heavy atom. The maximum Gasteiger partial charge on any atom is 0.131 e. The zero-order chi connectivity index (χ0) is 14.8. The minimum absolute atomic E-state index is 0.0735. The topological polar surface area (TPSA) is 35.2 Å². The first kappa shape index (κ1) is 13.7. The van der Waals surface area contributed by atoms with E-state index in [0.29, 0.717) is 22.0 Å². The lowest BCUT2D eigenvalue weighted by Gasteiger charge is -2.12. The van der Waals surface area contributed by atoms with Crippen LogP contribution in [-0.4, -0.2) is 0 Å². The van der Waals surface area contributed by atoms with Crippen molar-refractivity contribution >= 4 is 28.1 Å². The summed E-state index contributed by atoms with van der Waals surface area (Å²) in [5, 5.41) is 2.45. The molecule has 0 aliphatic carbocycles. The molecule has 0 saturated heterocycles. The van der Waals surface area contributed by atoms with Gasteiger partial charge in [-0.1, -0.05) is 41.9 Å². The van der Waals surface area contributed by atoms with Crippen molar-refractivity contribution in [2.75, 3.05) is 5.73 Å². The van der Waals surface area contributed by atoms with Crippen molar-refractivity contribution < 1.29 is 9.13 Å². The van der Waals surface area contributed by atoms with Crippen LogP contribution in [0.2, 0.25) is 5.02 Å². The number of nitrogens with two attached hydrogens (primary N) is 1. The number of nitrogen functional groups attached to an aromatic ring is 1. The van der Waals surface area contributed by atoms with Gasteiger partial charge < -0.3 is 10.5 Å². The molecule has 2 N–H and O–H groups in total. The van der Waals surface area contributed by atoms with Gasteiger partial charge in [-0.15, -0.1) is 0 Å². The molecular formula is C17H13ClFNO. The molecule has 4 heteroatoms. The second-order valence-corrected chi connectivity index (χ2v) is 5.09. The van der Waals surface area contributed by atoms with Crippen LogP contribution in [0.3, 0.4) is 0 Å². The third-order valence-electron chi connectivity index (χ3n) is 3.36. The van der Waals surface area contributed by atoms with Crippen molar-refractivity contribution in [3.63, 3.8) is 0 Å². The summed E-state index contributed by atoms with van der Waals surface area (Å²) in [6.07, 6.45) is 0. The van der Waals surface area contributed by atoms with Gasteiger partial charge in [0.15, 0.2) is 0 Å². The van der Waals surface area contributed by atoms with Crippen LogP contribution >= 0.6 is 11.6 Å². The minimum atomic E-state index is -0.367. The van der Waals surface area contributed by atoms with Gasteiger partial charge in [-0.05, 0) is 24.3 Å². The number of fused-ring (bicyclic) bond motifs is 1. The SMILES string of the molecule is Nc1cccc(F)c1COc1ccc(Cl)c2ccccc12. The second kappa shape index (κ2) is 5.62. The molecule has 0 saturated carbocycles. The molecule has 0 radical (unpaired) electrons. The van der Waals surface area contributed by atoms with Crippen LogP contribution in [0.15, 0.2) is 54.6 Å². The van der Waals surface area contributed by atoms with Gasteiger partial charge in [0.05, 0.1) is 0 Å². The minimum Gasteiger partial charge on any atom is -0.488 e. The molecule has 0 atom stereocenters. The molecule has 0 bridgehead atoms. The molecule has 0 aromatic heterocycles. The van der Waals surface area contributed by atoms with Crippen LogP contribution in [0.25, 0.3) is 10.8 Å². The molecule has 3 rings (SSSR count). The molecule has 0 amide bonds. The highest BCUT2D eigenvalue weighted by molar-refractivity contribution is 6.35. The van der Waals surface area contributed by atoms with Gasteiger partial charge in [0.2, 0.25) is 0 Å². The van der Waals surface area contributed by atoms with Gasteiger partial charge in [0, 0.05) is 27.0 Å². The molecule has 0 heterocycles. The number of hydrogen-bond donors (Lipinski definition) is 1. The van der Waals surface area contributed by atoms with Gasteiger partial charge in [0.25, 0.3) is 0 Å². The number of rotatable bonds is 3. The molecule has 0 aliphatic heterocycles. The van der Waals surface area contributed by atoms with Crippen molar-refractivity contribution in [2.24, 2.45) is 0 Å². The Balaban J connectivity index is 1.94. The number of hydrogen-bond acceptors (Lipinski definition) is 2. The molecule has 0 fully saturated rings. The highest BCUT2D eigenvalue weighted by Gasteiger charge is 2.09. The molecule has 0 aliphatic rings. The number of benzene rings is 3. The monoisotopic (exact) mass is 301 g/mol. The highest BCUT2D eigenvalue weighted by atomic mass is 35.5. The third kappa shape index (κ3) is 2.65. The standard InChI is InChI=1S/C17H13ClFNO/c18-14-8-9-17(12-5-2-1-4-11(12)14)21-10-13-15(19)6-3-7-16(13)20/h1-9H,10,20H2. The number of anilines is 1. The van der Waals surface area contributed by atoms with E-state index >= 15 is 0 Å². The fourth-order valence-electron chi connectivity index (χ4n) is 2.24. The zero-order valence-corrected chi connectivity index (χ0v) is 11.9. The Morgan fingerprint density at radius 1 is 0.952 bits per heavy atom. The normalized spacial score (nSPS) is 10.8. The van der Waals surface area contributed by atoms with Gasteiger partial charge in [-0.2, -0.15) is 0 Å². The second-order valence-electron chi connectivity index (χ2n) is 4.69. The van der Waals surface area contributed by atoms with Crippen LogP contribution in [-0.2, 0) is 6.61 Å². The summed E-state index contributed by atoms with van der Waals surface area (Å²) < 4.78 is 19.5. The Kier molecular flexibility index (Phi) is 3.67. The Labute approximate surface area is 126 Å². The van der Waals surface area contributed by atoms with Gasteiger partial charge in [-0.25, -0.2) is 4.39 Å². The first-order valence-electron chi connectivity index (χ1n) is 6.50. The van der Waals surface area contributed by atoms with Crippen LogP contribution in [0.1, 0.15) is 5.56 Å². The van der Waals surface area contributed by atoms with Crippen LogP contribution in [0, 0.1) is 5.82 Å². The van der Waals surface area contributed by atoms with Crippen LogP contribution in [0.4, 0.5) is 10.1 Å². The molecule has 0 unspecified atom stereocenters. The fraction of sp³-hybridized carbons (Fsp3) is 0.0588. The van der Waals surface area contributed by atoms with E-state index in [1.165, 1.54) is 6.07 Å². The van der Waals surface area contributed by atoms with E-state index in [2.05, 4.69) is 0 Å². The molecule has 21 heavy (non-hydrogen) atoms. The van der Waals surface area contributed by atoms with Crippen molar-refractivity contribution in [1.82, 2.24) is 0 Å². The first-order valence-corrected chi connectivity index (χ1v) is 6.87. The third-order valence-corrected chi connectivity index (χ3v) is 3.69. The lowest BCUT2D eigenvalue weighted by atomic mass is 10.1. The molecule has 2 nitrogen and oxygen atoms in total. The fourth-order valence-corrected chi connectivity index (χ4v) is 2.47. The van der Waals surface area contributed by atoms with Gasteiger partial charge in [-0.3, -0.25) is 0 Å². The van der Waals surface area contributed by atoms with Gasteiger partial charge in [0.1, 0.15) is 18.2 Å². The number of ether oxygens (including phenoxy) is 1. The Hall–Kier alpha value is -2.26. The van der Waals surface area contributed by atoms with Crippen LogP contribution in [0.5, 0.6) is 5.75 Å². The molecular weight excluding hydrogens is 289 g/mol. The van der Waals surface area contributed by atoms with E-state index in [4.69, 9.17) is 22.1 Å². The van der Waals surface area contributed by atoms with Crippen molar-refractivity contribution in [3.8, 4) is 5.75 Å². The highest BCUT2D eigenvalue weighted by Crippen LogP contribution is 2.32. The largest absolute Gasteiger partial charge is 0.488 e. The molecule has 106 valence electrons. The quantitative estimate of drug-likeness (QED) is 0.706. The molecule has 3 aromatic rings. The number of halogens is 2. The first-order chi connectivity index (χ1) is 10.2. The van der Waals surface area contributed by atoms with E-state index in [-0.39, 0.29) is 12.4 Å². The summed E-state index contributed by atoms with van der Waals surface area (Å²) in [5.74, 6) is 0.283. The predicted octanol–water partition coefficient (Wildman–Crippen LogP) is 4.79. The van der Waals surface area contributed by atoms with Crippen molar-refractivity contribution in [3.05, 3.63) is 71.0 Å². The summed E-state index contributed by atoms with van der Waals surface area (Å²) in [4.78, 5) is 0. The zero-order valence-electron chi connectivity index (χ0n) is 11.1. The summed E-state index contributed by atoms with van der Waals surface area (Å²) in [7, 11) is 0. The predicted molar refractivity (Wildman–Crippen MR) is 84.1 cm³/mol. The smallest absolute Gasteiger partial charge is 0.131 e. The average molecular weight is 302 g/mol. The Morgan fingerprint density at radius 2 is 1.71 bits per heavy atom. The Bertz CT molecular complexity index is 784. The van der Waals surface area contributed by atoms with E-state index in [1.807, 2.05) is 24.3 Å². The molecule has 0 spiro atoms. The van der Waals surface area contributed by atoms with Gasteiger partial charge >= 0.3 is 0 Å². The van der Waals surface area contributed by atoms with E-state index in [1.54, 1.807) is 24.3 Å². The molecule has 3 aromatic carbocycles. The average Bonchev–Trinajstić information content (AvgIpc) is 2.49. The summed E-state index contributed by atoms with van der Waals surface area (Å²) in [6.45, 7) is 0.0735. The maximum atomic E-state index is 13.8. The van der Waals surface area contributed by atoms with E-state index in [9.17, 15) is 4.39 Å². The summed E-state index contributed by atoms with van der Waals surface area (Å²) in [5.41, 5.74) is 6.52. The lowest BCUT2D eigenvalue weighted by molar-refractivity contribution is 0.304. The van der Waals surface area contributed by atoms with Crippen molar-refractivity contribution in [2.45, 2.75) is 6.61 Å². The van der Waals surface area contributed by atoms with Crippen LogP contribution < -0.4 is 10.5 Å². The van der Waals surface area contributed by atoms with E-state index < -0.39 is 0 Å². The summed E-state index contributed by atoms with van der Waals surface area (Å²) in [6, 6.07) is 15.8.